The molecule has 1 heterocycles. The first kappa shape index (κ1) is 15.3. The van der Waals surface area contributed by atoms with Crippen molar-refractivity contribution in [2.45, 2.75) is 19.6 Å². The van der Waals surface area contributed by atoms with Crippen LogP contribution in [0.15, 0.2) is 71.3 Å². The summed E-state index contributed by atoms with van der Waals surface area (Å²) in [5.74, 6) is 0.903. The molecule has 3 nitrogen and oxygen atoms in total. The summed E-state index contributed by atoms with van der Waals surface area (Å²) >= 11 is 0. The number of hydrogen-bond donors (Lipinski definition) is 1. The molecule has 1 N–H and O–H groups in total. The maximum absolute atomic E-state index is 13.1. The normalized spacial score (nSPS) is 11.0. The predicted molar refractivity (Wildman–Crippen MR) is 86.2 cm³/mol. The lowest BCUT2D eigenvalue weighted by Crippen LogP contribution is -2.22. The molecule has 1 aromatic heterocycles. The summed E-state index contributed by atoms with van der Waals surface area (Å²) in [6.07, 6.45) is 1.66. The zero-order chi connectivity index (χ0) is 16.1. The van der Waals surface area contributed by atoms with Crippen LogP contribution in [0.1, 0.15) is 16.9 Å². The monoisotopic (exact) mass is 311 g/mol. The summed E-state index contributed by atoms with van der Waals surface area (Å²) in [6.45, 7) is 2.05. The number of nitrogens with zero attached hydrogens (tertiary/aromatic N) is 1. The van der Waals surface area contributed by atoms with E-state index in [1.807, 2.05) is 24.3 Å². The number of furan rings is 1. The highest BCUT2D eigenvalue weighted by Gasteiger charge is 2.10. The summed E-state index contributed by atoms with van der Waals surface area (Å²) in [6, 6.07) is 17.5. The van der Waals surface area contributed by atoms with Gasteiger partial charge in [-0.1, -0.05) is 24.3 Å². The molecule has 0 aliphatic heterocycles. The zero-order valence-corrected chi connectivity index (χ0v) is 12.7. The maximum Gasteiger partial charge on any atom is 0.123 e. The van der Waals surface area contributed by atoms with E-state index < -0.39 is 0 Å². The first-order valence-corrected chi connectivity index (χ1v) is 7.46. The second-order valence-corrected chi connectivity index (χ2v) is 5.52. The van der Waals surface area contributed by atoms with E-state index in [0.29, 0.717) is 19.6 Å². The molecule has 0 atom stereocenters. The lowest BCUT2D eigenvalue weighted by Gasteiger charge is -2.21. The van der Waals surface area contributed by atoms with E-state index in [9.17, 15) is 9.50 Å². The van der Waals surface area contributed by atoms with E-state index in [4.69, 9.17) is 4.42 Å². The van der Waals surface area contributed by atoms with Gasteiger partial charge in [0.25, 0.3) is 0 Å². The Morgan fingerprint density at radius 2 is 1.43 bits per heavy atom. The van der Waals surface area contributed by atoms with Gasteiger partial charge in [0.15, 0.2) is 0 Å². The molecule has 0 radical (unpaired) electrons. The van der Waals surface area contributed by atoms with Crippen LogP contribution in [0, 0.1) is 5.82 Å². The zero-order valence-electron chi connectivity index (χ0n) is 12.7. The molecule has 0 saturated heterocycles. The first-order valence-electron chi connectivity index (χ1n) is 7.46. The van der Waals surface area contributed by atoms with Crippen molar-refractivity contribution in [3.05, 3.63) is 89.6 Å². The Morgan fingerprint density at radius 3 is 2.00 bits per heavy atom. The number of phenols is 1. The quantitative estimate of drug-likeness (QED) is 0.736. The molecular formula is C19H18FNO2. The van der Waals surface area contributed by atoms with Crippen LogP contribution in [0.4, 0.5) is 4.39 Å². The van der Waals surface area contributed by atoms with E-state index in [0.717, 1.165) is 16.9 Å². The Bertz CT molecular complexity index is 674. The number of phenolic OH excluding ortho intramolecular Hbond substituents is 1. The third-order valence-corrected chi connectivity index (χ3v) is 3.62. The van der Waals surface area contributed by atoms with Gasteiger partial charge in [-0.05, 0) is 47.5 Å². The fourth-order valence-corrected chi connectivity index (χ4v) is 2.50. The SMILES string of the molecule is Oc1ccc(CN(Cc2ccc(F)cc2)Cc2ccco2)cc1. The smallest absolute Gasteiger partial charge is 0.123 e. The Labute approximate surface area is 134 Å². The van der Waals surface area contributed by atoms with E-state index in [2.05, 4.69) is 4.90 Å². The third-order valence-electron chi connectivity index (χ3n) is 3.62. The molecule has 4 heteroatoms. The van der Waals surface area contributed by atoms with Gasteiger partial charge in [-0.3, -0.25) is 4.90 Å². The van der Waals surface area contributed by atoms with Gasteiger partial charge in [0.05, 0.1) is 12.8 Å². The predicted octanol–water partition coefficient (Wildman–Crippen LogP) is 4.33. The largest absolute Gasteiger partial charge is 0.508 e. The molecule has 0 unspecified atom stereocenters. The highest BCUT2D eigenvalue weighted by Crippen LogP contribution is 2.17. The molecule has 0 aliphatic rings. The second-order valence-electron chi connectivity index (χ2n) is 5.52. The molecule has 0 amide bonds. The van der Waals surface area contributed by atoms with Crippen molar-refractivity contribution in [1.82, 2.24) is 4.90 Å². The average molecular weight is 311 g/mol. The molecular weight excluding hydrogens is 293 g/mol. The van der Waals surface area contributed by atoms with Gasteiger partial charge in [0, 0.05) is 13.1 Å². The van der Waals surface area contributed by atoms with Gasteiger partial charge in [-0.25, -0.2) is 4.39 Å². The van der Waals surface area contributed by atoms with Crippen molar-refractivity contribution in [2.24, 2.45) is 0 Å². The summed E-state index contributed by atoms with van der Waals surface area (Å²) in [7, 11) is 0. The van der Waals surface area contributed by atoms with E-state index in [-0.39, 0.29) is 11.6 Å². The van der Waals surface area contributed by atoms with Gasteiger partial charge in [-0.2, -0.15) is 0 Å². The molecule has 3 rings (SSSR count). The molecule has 0 bridgehead atoms. The lowest BCUT2D eigenvalue weighted by atomic mass is 10.1. The van der Waals surface area contributed by atoms with Crippen LogP contribution < -0.4 is 0 Å². The first-order chi connectivity index (χ1) is 11.2. The van der Waals surface area contributed by atoms with Gasteiger partial charge < -0.3 is 9.52 Å². The van der Waals surface area contributed by atoms with Crippen LogP contribution in [-0.4, -0.2) is 10.0 Å². The number of rotatable bonds is 6. The highest BCUT2D eigenvalue weighted by atomic mass is 19.1. The molecule has 0 saturated carbocycles. The second kappa shape index (κ2) is 7.11. The number of hydrogen-bond acceptors (Lipinski definition) is 3. The van der Waals surface area contributed by atoms with Gasteiger partial charge in [-0.15, -0.1) is 0 Å². The Kier molecular flexibility index (Phi) is 4.74. The van der Waals surface area contributed by atoms with E-state index >= 15 is 0 Å². The van der Waals surface area contributed by atoms with Crippen LogP contribution in [0.25, 0.3) is 0 Å². The van der Waals surface area contributed by atoms with Gasteiger partial charge in [0.1, 0.15) is 17.3 Å². The van der Waals surface area contributed by atoms with Crippen molar-refractivity contribution < 1.29 is 13.9 Å². The van der Waals surface area contributed by atoms with Gasteiger partial charge in [0.2, 0.25) is 0 Å². The van der Waals surface area contributed by atoms with Crippen LogP contribution in [0.5, 0.6) is 5.75 Å². The third kappa shape index (κ3) is 4.44. The molecule has 0 fully saturated rings. The van der Waals surface area contributed by atoms with Crippen molar-refractivity contribution >= 4 is 0 Å². The van der Waals surface area contributed by atoms with Crippen LogP contribution in [-0.2, 0) is 19.6 Å². The van der Waals surface area contributed by atoms with Crippen LogP contribution >= 0.6 is 0 Å². The van der Waals surface area contributed by atoms with Crippen molar-refractivity contribution in [3.63, 3.8) is 0 Å². The van der Waals surface area contributed by atoms with Crippen LogP contribution in [0.3, 0.4) is 0 Å². The van der Waals surface area contributed by atoms with E-state index in [1.54, 1.807) is 30.5 Å². The highest BCUT2D eigenvalue weighted by molar-refractivity contribution is 5.26. The number of aromatic hydroxyl groups is 1. The Morgan fingerprint density at radius 1 is 0.826 bits per heavy atom. The fraction of sp³-hybridized carbons (Fsp3) is 0.158. The summed E-state index contributed by atoms with van der Waals surface area (Å²) in [5, 5.41) is 9.40. The maximum atomic E-state index is 13.1. The minimum absolute atomic E-state index is 0.232. The molecule has 0 aliphatic carbocycles. The van der Waals surface area contributed by atoms with Crippen molar-refractivity contribution in [3.8, 4) is 5.75 Å². The van der Waals surface area contributed by atoms with E-state index in [1.165, 1.54) is 12.1 Å². The molecule has 3 aromatic rings. The fourth-order valence-electron chi connectivity index (χ4n) is 2.50. The summed E-state index contributed by atoms with van der Waals surface area (Å²) in [4.78, 5) is 2.21. The van der Waals surface area contributed by atoms with Crippen LogP contribution in [0.2, 0.25) is 0 Å². The molecule has 2 aromatic carbocycles. The minimum Gasteiger partial charge on any atom is -0.508 e. The van der Waals surface area contributed by atoms with Crippen molar-refractivity contribution in [1.29, 1.82) is 0 Å². The Balaban J connectivity index is 1.75. The molecule has 23 heavy (non-hydrogen) atoms. The Hall–Kier alpha value is -2.59. The summed E-state index contributed by atoms with van der Waals surface area (Å²) < 4.78 is 18.5. The topological polar surface area (TPSA) is 36.6 Å². The summed E-state index contributed by atoms with van der Waals surface area (Å²) in [5.41, 5.74) is 2.13. The van der Waals surface area contributed by atoms with Gasteiger partial charge >= 0.3 is 0 Å². The molecule has 118 valence electrons. The van der Waals surface area contributed by atoms with Crippen molar-refractivity contribution in [2.75, 3.05) is 0 Å². The minimum atomic E-state index is -0.232. The lowest BCUT2D eigenvalue weighted by molar-refractivity contribution is 0.227. The average Bonchev–Trinajstić information content (AvgIpc) is 3.05. The number of benzene rings is 2. The standard InChI is InChI=1S/C19H18FNO2/c20-17-7-3-15(4-8-17)12-21(14-19-2-1-11-23-19)13-16-5-9-18(22)10-6-16/h1-11,22H,12-14H2. The number of halogens is 1. The molecule has 0 spiro atoms.